The molecule has 0 bridgehead atoms. The van der Waals surface area contributed by atoms with Crippen LogP contribution in [0, 0.1) is 5.41 Å². The summed E-state index contributed by atoms with van der Waals surface area (Å²) in [5.41, 5.74) is 0.496. The standard InChI is InChI=1S/C13H18N2O4/c1-8-9(7-19-11(8)17)15-5-3-13(12(15)18)2-4-14-6-10(13)16/h10,14,16H,2-7H2,1H3. The van der Waals surface area contributed by atoms with E-state index < -0.39 is 11.5 Å². The number of carbonyl (C=O) groups is 2. The van der Waals surface area contributed by atoms with Crippen molar-refractivity contribution in [1.82, 2.24) is 10.2 Å². The Labute approximate surface area is 111 Å². The number of β-amino-alcohol motifs (C(OH)–C–C–N with tert-alkyl or cyclic N) is 1. The molecule has 2 atom stereocenters. The van der Waals surface area contributed by atoms with Crippen LogP contribution in [-0.2, 0) is 14.3 Å². The molecule has 19 heavy (non-hydrogen) atoms. The Morgan fingerprint density at radius 1 is 1.42 bits per heavy atom. The highest BCUT2D eigenvalue weighted by atomic mass is 16.5. The molecule has 3 heterocycles. The van der Waals surface area contributed by atoms with Crippen molar-refractivity contribution < 1.29 is 19.4 Å². The van der Waals surface area contributed by atoms with Gasteiger partial charge in [-0.3, -0.25) is 4.79 Å². The van der Waals surface area contributed by atoms with E-state index in [0.717, 1.165) is 6.54 Å². The van der Waals surface area contributed by atoms with Crippen molar-refractivity contribution in [3.8, 4) is 0 Å². The van der Waals surface area contributed by atoms with E-state index in [0.29, 0.717) is 37.2 Å². The van der Waals surface area contributed by atoms with Gasteiger partial charge in [0.1, 0.15) is 6.61 Å². The molecule has 2 saturated heterocycles. The van der Waals surface area contributed by atoms with Gasteiger partial charge < -0.3 is 20.1 Å². The van der Waals surface area contributed by atoms with Gasteiger partial charge in [-0.25, -0.2) is 4.79 Å². The van der Waals surface area contributed by atoms with E-state index in [-0.39, 0.29) is 18.5 Å². The number of hydrogen-bond donors (Lipinski definition) is 2. The SMILES string of the molecule is CC1=C(N2CCC3(CCNCC3O)C2=O)COC1=O. The number of cyclic esters (lactones) is 1. The van der Waals surface area contributed by atoms with E-state index in [9.17, 15) is 14.7 Å². The summed E-state index contributed by atoms with van der Waals surface area (Å²) in [5.74, 6) is -0.413. The second-order valence-electron chi connectivity index (χ2n) is 5.48. The molecule has 0 saturated carbocycles. The molecule has 0 aromatic rings. The van der Waals surface area contributed by atoms with Gasteiger partial charge in [-0.15, -0.1) is 0 Å². The zero-order valence-corrected chi connectivity index (χ0v) is 10.9. The van der Waals surface area contributed by atoms with Crippen molar-refractivity contribution in [3.05, 3.63) is 11.3 Å². The summed E-state index contributed by atoms with van der Waals surface area (Å²) in [6, 6.07) is 0. The fourth-order valence-electron chi connectivity index (χ4n) is 3.25. The third kappa shape index (κ3) is 1.70. The molecule has 0 radical (unpaired) electrons. The molecule has 3 rings (SSSR count). The predicted molar refractivity (Wildman–Crippen MR) is 65.9 cm³/mol. The van der Waals surface area contributed by atoms with Gasteiger partial charge in [-0.1, -0.05) is 0 Å². The normalized spacial score (nSPS) is 35.5. The van der Waals surface area contributed by atoms with Gasteiger partial charge in [0.25, 0.3) is 0 Å². The molecule has 104 valence electrons. The van der Waals surface area contributed by atoms with E-state index in [1.54, 1.807) is 11.8 Å². The minimum absolute atomic E-state index is 0.0610. The third-order valence-electron chi connectivity index (χ3n) is 4.58. The molecule has 0 aromatic carbocycles. The Kier molecular flexibility index (Phi) is 2.87. The first kappa shape index (κ1) is 12.6. The quantitative estimate of drug-likeness (QED) is 0.619. The molecule has 3 aliphatic rings. The number of nitrogens with zero attached hydrogens (tertiary/aromatic N) is 1. The summed E-state index contributed by atoms with van der Waals surface area (Å²) in [5, 5.41) is 13.3. The zero-order valence-electron chi connectivity index (χ0n) is 10.9. The first-order chi connectivity index (χ1) is 9.06. The van der Waals surface area contributed by atoms with Crippen molar-refractivity contribution in [1.29, 1.82) is 0 Å². The highest BCUT2D eigenvalue weighted by Crippen LogP contribution is 2.42. The summed E-state index contributed by atoms with van der Waals surface area (Å²) in [7, 11) is 0. The van der Waals surface area contributed by atoms with Crippen LogP contribution in [0.3, 0.4) is 0 Å². The fourth-order valence-corrected chi connectivity index (χ4v) is 3.25. The molecular weight excluding hydrogens is 248 g/mol. The van der Waals surface area contributed by atoms with E-state index in [2.05, 4.69) is 5.32 Å². The van der Waals surface area contributed by atoms with Gasteiger partial charge in [-0.05, 0) is 26.3 Å². The van der Waals surface area contributed by atoms with Crippen LogP contribution in [0.2, 0.25) is 0 Å². The van der Waals surface area contributed by atoms with Crippen molar-refractivity contribution in [2.45, 2.75) is 25.9 Å². The van der Waals surface area contributed by atoms with E-state index in [4.69, 9.17) is 4.74 Å². The highest BCUT2D eigenvalue weighted by molar-refractivity contribution is 5.94. The number of rotatable bonds is 1. The van der Waals surface area contributed by atoms with Crippen molar-refractivity contribution in [2.24, 2.45) is 5.41 Å². The molecule has 2 unspecified atom stereocenters. The van der Waals surface area contributed by atoms with E-state index in [1.807, 2.05) is 0 Å². The number of piperidine rings is 1. The van der Waals surface area contributed by atoms with Crippen LogP contribution >= 0.6 is 0 Å². The van der Waals surface area contributed by atoms with Crippen molar-refractivity contribution in [2.75, 3.05) is 26.2 Å². The smallest absolute Gasteiger partial charge is 0.336 e. The average molecular weight is 266 g/mol. The van der Waals surface area contributed by atoms with Crippen molar-refractivity contribution >= 4 is 11.9 Å². The highest BCUT2D eigenvalue weighted by Gasteiger charge is 2.53. The summed E-state index contributed by atoms with van der Waals surface area (Å²) >= 11 is 0. The summed E-state index contributed by atoms with van der Waals surface area (Å²) < 4.78 is 4.96. The second kappa shape index (κ2) is 4.31. The van der Waals surface area contributed by atoms with Gasteiger partial charge in [0.15, 0.2) is 0 Å². The fraction of sp³-hybridized carbons (Fsp3) is 0.692. The lowest BCUT2D eigenvalue weighted by Crippen LogP contribution is -2.53. The van der Waals surface area contributed by atoms with Gasteiger partial charge in [0.2, 0.25) is 5.91 Å². The second-order valence-corrected chi connectivity index (χ2v) is 5.48. The molecule has 0 aromatic heterocycles. The number of aliphatic hydroxyl groups excluding tert-OH is 1. The number of likely N-dealkylation sites (tertiary alicyclic amines) is 1. The Morgan fingerprint density at radius 3 is 2.84 bits per heavy atom. The summed E-state index contributed by atoms with van der Waals surface area (Å²) in [6.45, 7) is 3.60. The monoisotopic (exact) mass is 266 g/mol. The number of hydrogen-bond acceptors (Lipinski definition) is 5. The lowest BCUT2D eigenvalue weighted by atomic mass is 9.75. The zero-order chi connectivity index (χ0) is 13.6. The van der Waals surface area contributed by atoms with Crippen molar-refractivity contribution in [3.63, 3.8) is 0 Å². The molecule has 2 fully saturated rings. The number of aliphatic hydroxyl groups is 1. The minimum Gasteiger partial charge on any atom is -0.456 e. The Morgan fingerprint density at radius 2 is 2.21 bits per heavy atom. The van der Waals surface area contributed by atoms with Crippen LogP contribution in [0.4, 0.5) is 0 Å². The topological polar surface area (TPSA) is 78.9 Å². The number of ether oxygens (including phenoxy) is 1. The van der Waals surface area contributed by atoms with Crippen LogP contribution < -0.4 is 5.32 Å². The molecule has 6 nitrogen and oxygen atoms in total. The summed E-state index contributed by atoms with van der Waals surface area (Å²) in [4.78, 5) is 25.7. The lowest BCUT2D eigenvalue weighted by molar-refractivity contribution is -0.143. The lowest BCUT2D eigenvalue weighted by Gasteiger charge is -2.36. The Balaban J connectivity index is 1.88. The molecule has 2 N–H and O–H groups in total. The third-order valence-corrected chi connectivity index (χ3v) is 4.58. The maximum Gasteiger partial charge on any atom is 0.336 e. The van der Waals surface area contributed by atoms with E-state index >= 15 is 0 Å². The van der Waals surface area contributed by atoms with Crippen LogP contribution in [0.15, 0.2) is 11.3 Å². The van der Waals surface area contributed by atoms with Crippen LogP contribution in [-0.4, -0.2) is 54.2 Å². The van der Waals surface area contributed by atoms with Gasteiger partial charge in [0.05, 0.1) is 22.8 Å². The molecule has 1 spiro atoms. The number of amides is 1. The number of carbonyl (C=O) groups excluding carboxylic acids is 2. The minimum atomic E-state index is -0.676. The van der Waals surface area contributed by atoms with Crippen LogP contribution in [0.5, 0.6) is 0 Å². The first-order valence-corrected chi connectivity index (χ1v) is 6.64. The molecule has 6 heteroatoms. The van der Waals surface area contributed by atoms with Crippen LogP contribution in [0.1, 0.15) is 19.8 Å². The predicted octanol–water partition coefficient (Wildman–Crippen LogP) is -0.610. The maximum absolute atomic E-state index is 12.7. The Hall–Kier alpha value is -1.40. The number of esters is 1. The Bertz CT molecular complexity index is 473. The maximum atomic E-state index is 12.7. The summed E-state index contributed by atoms with van der Waals surface area (Å²) in [6.07, 6.45) is 0.627. The molecule has 1 amide bonds. The van der Waals surface area contributed by atoms with Gasteiger partial charge in [-0.2, -0.15) is 0 Å². The molecular formula is C13H18N2O4. The van der Waals surface area contributed by atoms with Gasteiger partial charge in [0, 0.05) is 13.1 Å². The first-order valence-electron chi connectivity index (χ1n) is 6.64. The van der Waals surface area contributed by atoms with Gasteiger partial charge >= 0.3 is 5.97 Å². The average Bonchev–Trinajstić information content (AvgIpc) is 2.88. The molecule has 0 aliphatic carbocycles. The molecule has 3 aliphatic heterocycles. The number of nitrogens with one attached hydrogen (secondary N) is 1. The largest absolute Gasteiger partial charge is 0.456 e. The van der Waals surface area contributed by atoms with E-state index in [1.165, 1.54) is 0 Å². The van der Waals surface area contributed by atoms with Crippen LogP contribution in [0.25, 0.3) is 0 Å².